The summed E-state index contributed by atoms with van der Waals surface area (Å²) in [6, 6.07) is 8.43. The van der Waals surface area contributed by atoms with Crippen LogP contribution < -0.4 is 5.32 Å². The van der Waals surface area contributed by atoms with Gasteiger partial charge in [-0.2, -0.15) is 0 Å². The van der Waals surface area contributed by atoms with Crippen molar-refractivity contribution in [1.29, 1.82) is 0 Å². The van der Waals surface area contributed by atoms with E-state index in [-0.39, 0.29) is 6.04 Å². The van der Waals surface area contributed by atoms with Crippen LogP contribution in [-0.2, 0) is 18.0 Å². The molecule has 1 aromatic heterocycles. The summed E-state index contributed by atoms with van der Waals surface area (Å²) in [5.41, 5.74) is 3.75. The van der Waals surface area contributed by atoms with Gasteiger partial charge in [0, 0.05) is 0 Å². The van der Waals surface area contributed by atoms with Crippen molar-refractivity contribution in [2.75, 3.05) is 7.05 Å². The van der Waals surface area contributed by atoms with Crippen LogP contribution in [0.4, 0.5) is 0 Å². The third-order valence-corrected chi connectivity index (χ3v) is 3.93. The first-order valence-electron chi connectivity index (χ1n) is 5.89. The molecule has 0 saturated heterocycles. The maximum absolute atomic E-state index is 5.55. The second-order valence-electron chi connectivity index (χ2n) is 4.38. The number of hydrogen-bond donors (Lipinski definition) is 1. The van der Waals surface area contributed by atoms with Crippen LogP contribution >= 0.6 is 15.9 Å². The summed E-state index contributed by atoms with van der Waals surface area (Å²) in [7, 11) is 1.93. The molecule has 3 rings (SSSR count). The molecule has 18 heavy (non-hydrogen) atoms. The van der Waals surface area contributed by atoms with Crippen molar-refractivity contribution in [2.24, 2.45) is 0 Å². The van der Waals surface area contributed by atoms with E-state index in [0.717, 1.165) is 16.8 Å². The average Bonchev–Trinajstić information content (AvgIpc) is 2.99. The van der Waals surface area contributed by atoms with E-state index >= 15 is 0 Å². The van der Waals surface area contributed by atoms with Gasteiger partial charge in [-0.05, 0) is 45.7 Å². The van der Waals surface area contributed by atoms with Crippen molar-refractivity contribution in [3.05, 3.63) is 57.5 Å². The first kappa shape index (κ1) is 12.0. The van der Waals surface area contributed by atoms with Crippen LogP contribution in [0.1, 0.15) is 28.5 Å². The number of halogens is 1. The lowest BCUT2D eigenvalue weighted by Crippen LogP contribution is -2.17. The predicted molar refractivity (Wildman–Crippen MR) is 72.2 cm³/mol. The summed E-state index contributed by atoms with van der Waals surface area (Å²) in [6.07, 6.45) is 1.69. The molecule has 0 bridgehead atoms. The van der Waals surface area contributed by atoms with E-state index in [2.05, 4.69) is 39.4 Å². The van der Waals surface area contributed by atoms with Crippen LogP contribution in [0.15, 0.2) is 39.4 Å². The number of rotatable bonds is 3. The van der Waals surface area contributed by atoms with Gasteiger partial charge < -0.3 is 14.5 Å². The SMILES string of the molecule is CNC(c1ccc2c(c1)COC2)c1occc1Br. The lowest BCUT2D eigenvalue weighted by Gasteiger charge is -2.15. The van der Waals surface area contributed by atoms with Gasteiger partial charge in [0.2, 0.25) is 0 Å². The van der Waals surface area contributed by atoms with E-state index in [1.807, 2.05) is 13.1 Å². The molecule has 0 fully saturated rings. The molecule has 1 unspecified atom stereocenters. The van der Waals surface area contributed by atoms with E-state index < -0.39 is 0 Å². The zero-order valence-electron chi connectivity index (χ0n) is 10.1. The van der Waals surface area contributed by atoms with Crippen molar-refractivity contribution in [1.82, 2.24) is 5.32 Å². The highest BCUT2D eigenvalue weighted by Gasteiger charge is 2.20. The third-order valence-electron chi connectivity index (χ3n) is 3.27. The molecule has 3 nitrogen and oxygen atoms in total. The highest BCUT2D eigenvalue weighted by atomic mass is 79.9. The van der Waals surface area contributed by atoms with E-state index in [1.54, 1.807) is 6.26 Å². The molecular weight excluding hydrogens is 294 g/mol. The molecular formula is C14H14BrNO2. The molecule has 0 amide bonds. The van der Waals surface area contributed by atoms with Gasteiger partial charge in [0.1, 0.15) is 5.76 Å². The van der Waals surface area contributed by atoms with Crippen molar-refractivity contribution >= 4 is 15.9 Å². The zero-order chi connectivity index (χ0) is 12.5. The molecule has 1 aliphatic rings. The Labute approximate surface area is 114 Å². The van der Waals surface area contributed by atoms with E-state index in [0.29, 0.717) is 6.61 Å². The van der Waals surface area contributed by atoms with Crippen LogP contribution in [-0.4, -0.2) is 7.05 Å². The standard InChI is InChI=1S/C14H14BrNO2/c1-16-13(14-12(15)4-5-18-14)9-2-3-10-7-17-8-11(10)6-9/h2-6,13,16H,7-8H2,1H3. The van der Waals surface area contributed by atoms with Gasteiger partial charge in [-0.3, -0.25) is 0 Å². The average molecular weight is 308 g/mol. The lowest BCUT2D eigenvalue weighted by molar-refractivity contribution is 0.134. The number of fused-ring (bicyclic) bond motifs is 1. The smallest absolute Gasteiger partial charge is 0.139 e. The van der Waals surface area contributed by atoms with Gasteiger partial charge in [-0.15, -0.1) is 0 Å². The summed E-state index contributed by atoms with van der Waals surface area (Å²) in [6.45, 7) is 1.43. The molecule has 1 aromatic carbocycles. The van der Waals surface area contributed by atoms with Crippen LogP contribution in [0.5, 0.6) is 0 Å². The quantitative estimate of drug-likeness (QED) is 0.944. The fraction of sp³-hybridized carbons (Fsp3) is 0.286. The highest BCUT2D eigenvalue weighted by molar-refractivity contribution is 9.10. The number of furan rings is 1. The maximum Gasteiger partial charge on any atom is 0.139 e. The van der Waals surface area contributed by atoms with Crippen LogP contribution in [0.3, 0.4) is 0 Å². The van der Waals surface area contributed by atoms with Crippen LogP contribution in [0, 0.1) is 0 Å². The summed E-state index contributed by atoms with van der Waals surface area (Å²) in [5, 5.41) is 3.29. The first-order chi connectivity index (χ1) is 8.79. The molecule has 4 heteroatoms. The molecule has 1 atom stereocenters. The van der Waals surface area contributed by atoms with Crippen molar-refractivity contribution in [3.8, 4) is 0 Å². The Kier molecular flexibility index (Phi) is 3.24. The molecule has 2 heterocycles. The van der Waals surface area contributed by atoms with E-state index in [1.165, 1.54) is 16.7 Å². The monoisotopic (exact) mass is 307 g/mol. The molecule has 94 valence electrons. The van der Waals surface area contributed by atoms with Gasteiger partial charge in [0.25, 0.3) is 0 Å². The molecule has 0 spiro atoms. The van der Waals surface area contributed by atoms with E-state index in [9.17, 15) is 0 Å². The lowest BCUT2D eigenvalue weighted by atomic mass is 10.00. The fourth-order valence-electron chi connectivity index (χ4n) is 2.33. The summed E-state index contributed by atoms with van der Waals surface area (Å²) in [5.74, 6) is 0.899. The minimum Gasteiger partial charge on any atom is -0.466 e. The second kappa shape index (κ2) is 4.88. The van der Waals surface area contributed by atoms with Crippen molar-refractivity contribution in [2.45, 2.75) is 19.3 Å². The van der Waals surface area contributed by atoms with E-state index in [4.69, 9.17) is 9.15 Å². The van der Waals surface area contributed by atoms with Gasteiger partial charge >= 0.3 is 0 Å². The first-order valence-corrected chi connectivity index (χ1v) is 6.68. The Bertz CT molecular complexity index is 565. The van der Waals surface area contributed by atoms with Crippen molar-refractivity contribution in [3.63, 3.8) is 0 Å². The van der Waals surface area contributed by atoms with Gasteiger partial charge in [-0.1, -0.05) is 18.2 Å². The van der Waals surface area contributed by atoms with Crippen LogP contribution in [0.25, 0.3) is 0 Å². The summed E-state index contributed by atoms with van der Waals surface area (Å²) < 4.78 is 12.0. The Hall–Kier alpha value is -1.10. The maximum atomic E-state index is 5.55. The topological polar surface area (TPSA) is 34.4 Å². The minimum absolute atomic E-state index is 0.0558. The molecule has 2 aromatic rings. The second-order valence-corrected chi connectivity index (χ2v) is 5.23. The molecule has 0 radical (unpaired) electrons. The largest absolute Gasteiger partial charge is 0.466 e. The fourth-order valence-corrected chi connectivity index (χ4v) is 2.76. The highest BCUT2D eigenvalue weighted by Crippen LogP contribution is 2.31. The number of ether oxygens (including phenoxy) is 1. The minimum atomic E-state index is 0.0558. The predicted octanol–water partition coefficient (Wildman–Crippen LogP) is 3.38. The Morgan fingerprint density at radius 1 is 1.22 bits per heavy atom. The molecule has 0 aliphatic carbocycles. The van der Waals surface area contributed by atoms with Crippen molar-refractivity contribution < 1.29 is 9.15 Å². The Balaban J connectivity index is 2.00. The van der Waals surface area contributed by atoms with Crippen LogP contribution in [0.2, 0.25) is 0 Å². The van der Waals surface area contributed by atoms with Gasteiger partial charge in [0.05, 0.1) is 30.0 Å². The third kappa shape index (κ3) is 2.00. The number of hydrogen-bond acceptors (Lipinski definition) is 3. The van der Waals surface area contributed by atoms with Gasteiger partial charge in [0.15, 0.2) is 0 Å². The zero-order valence-corrected chi connectivity index (χ0v) is 11.7. The summed E-state index contributed by atoms with van der Waals surface area (Å²) >= 11 is 3.51. The van der Waals surface area contributed by atoms with Gasteiger partial charge in [-0.25, -0.2) is 0 Å². The number of nitrogens with one attached hydrogen (secondary N) is 1. The summed E-state index contributed by atoms with van der Waals surface area (Å²) in [4.78, 5) is 0. The molecule has 0 saturated carbocycles. The number of benzene rings is 1. The Morgan fingerprint density at radius 3 is 2.78 bits per heavy atom. The Morgan fingerprint density at radius 2 is 2.06 bits per heavy atom. The molecule has 1 aliphatic heterocycles. The normalized spacial score (nSPS) is 15.7. The molecule has 1 N–H and O–H groups in total.